The van der Waals surface area contributed by atoms with E-state index in [0.717, 1.165) is 33.3 Å². The van der Waals surface area contributed by atoms with Gasteiger partial charge in [0.1, 0.15) is 5.75 Å². The van der Waals surface area contributed by atoms with E-state index < -0.39 is 0 Å². The first-order valence-electron chi connectivity index (χ1n) is 5.70. The molecule has 3 heteroatoms. The highest BCUT2D eigenvalue weighted by atomic mass is 127. The van der Waals surface area contributed by atoms with Gasteiger partial charge in [-0.05, 0) is 59.2 Å². The highest BCUT2D eigenvalue weighted by molar-refractivity contribution is 14.1. The van der Waals surface area contributed by atoms with Gasteiger partial charge in [-0.2, -0.15) is 0 Å². The van der Waals surface area contributed by atoms with Crippen LogP contribution in [-0.2, 0) is 4.79 Å². The minimum atomic E-state index is 0.0981. The first kappa shape index (κ1) is 13.1. The Hall–Kier alpha value is -1.32. The SMILES string of the molecule is COc1cccc(C=C=C2CCC=C(I)C2=O)c1. The summed E-state index contributed by atoms with van der Waals surface area (Å²) in [7, 11) is 1.64. The molecule has 0 saturated heterocycles. The molecule has 0 heterocycles. The smallest absolute Gasteiger partial charge is 0.202 e. The molecule has 0 N–H and O–H groups in total. The summed E-state index contributed by atoms with van der Waals surface area (Å²) in [5, 5.41) is 0. The number of allylic oxidation sites excluding steroid dienone is 3. The van der Waals surface area contributed by atoms with Gasteiger partial charge < -0.3 is 4.74 Å². The number of methoxy groups -OCH3 is 1. The molecule has 0 spiro atoms. The van der Waals surface area contributed by atoms with Gasteiger partial charge in [0.15, 0.2) is 0 Å². The van der Waals surface area contributed by atoms with E-state index >= 15 is 0 Å². The summed E-state index contributed by atoms with van der Waals surface area (Å²) >= 11 is 2.08. The molecule has 1 aromatic carbocycles. The lowest BCUT2D eigenvalue weighted by molar-refractivity contribution is -0.111. The molecule has 0 aromatic heterocycles. The van der Waals surface area contributed by atoms with Crippen LogP contribution in [0, 0.1) is 0 Å². The van der Waals surface area contributed by atoms with E-state index in [1.165, 1.54) is 0 Å². The van der Waals surface area contributed by atoms with Gasteiger partial charge >= 0.3 is 0 Å². The summed E-state index contributed by atoms with van der Waals surface area (Å²) < 4.78 is 5.95. The molecule has 92 valence electrons. The van der Waals surface area contributed by atoms with E-state index in [9.17, 15) is 4.79 Å². The van der Waals surface area contributed by atoms with E-state index in [0.29, 0.717) is 0 Å². The molecule has 1 aromatic rings. The van der Waals surface area contributed by atoms with Gasteiger partial charge in [-0.25, -0.2) is 0 Å². The number of carbonyl (C=O) groups excluding carboxylic acids is 1. The molecule has 1 aliphatic rings. The minimum Gasteiger partial charge on any atom is -0.497 e. The van der Waals surface area contributed by atoms with Crippen LogP contribution in [0.15, 0.2) is 45.2 Å². The van der Waals surface area contributed by atoms with E-state index in [4.69, 9.17) is 4.74 Å². The number of Topliss-reactive ketones (excluding diaryl/α,β-unsaturated/α-hetero) is 1. The monoisotopic (exact) mass is 352 g/mol. The lowest BCUT2D eigenvalue weighted by atomic mass is 10.0. The fourth-order valence-electron chi connectivity index (χ4n) is 1.73. The van der Waals surface area contributed by atoms with Crippen molar-refractivity contribution in [2.45, 2.75) is 12.8 Å². The number of carbonyl (C=O) groups is 1. The average Bonchev–Trinajstić information content (AvgIpc) is 2.41. The Morgan fingerprint density at radius 1 is 1.44 bits per heavy atom. The quantitative estimate of drug-likeness (QED) is 0.458. The van der Waals surface area contributed by atoms with Crippen molar-refractivity contribution in [1.82, 2.24) is 0 Å². The maximum Gasteiger partial charge on any atom is 0.202 e. The molecule has 0 bridgehead atoms. The second-order valence-electron chi connectivity index (χ2n) is 3.96. The molecular weight excluding hydrogens is 339 g/mol. The zero-order chi connectivity index (χ0) is 13.0. The Balaban J connectivity index is 2.29. The second kappa shape index (κ2) is 6.03. The fraction of sp³-hybridized carbons (Fsp3) is 0.200. The Bertz CT molecular complexity index is 564. The van der Waals surface area contributed by atoms with Crippen LogP contribution < -0.4 is 4.74 Å². The number of ether oxygens (including phenoxy) is 1. The highest BCUT2D eigenvalue weighted by Crippen LogP contribution is 2.23. The van der Waals surface area contributed by atoms with Crippen LogP contribution in [0.1, 0.15) is 18.4 Å². The van der Waals surface area contributed by atoms with Crippen LogP contribution in [0.25, 0.3) is 6.08 Å². The normalized spacial score (nSPS) is 14.9. The van der Waals surface area contributed by atoms with E-state index in [1.54, 1.807) is 7.11 Å². The Morgan fingerprint density at radius 2 is 2.28 bits per heavy atom. The lowest BCUT2D eigenvalue weighted by Gasteiger charge is -2.07. The maximum atomic E-state index is 11.8. The van der Waals surface area contributed by atoms with Crippen LogP contribution in [0.3, 0.4) is 0 Å². The molecule has 0 radical (unpaired) electrons. The van der Waals surface area contributed by atoms with Crippen LogP contribution in [0.2, 0.25) is 0 Å². The standard InChI is InChI=1S/C15H13IO2/c1-18-13-6-2-4-11(10-13)8-9-12-5-3-7-14(16)15(12)17/h2,4,6-8,10H,3,5H2,1H3. The third-order valence-corrected chi connectivity index (χ3v) is 3.65. The molecule has 0 amide bonds. The van der Waals surface area contributed by atoms with Crippen LogP contribution in [0.5, 0.6) is 5.75 Å². The minimum absolute atomic E-state index is 0.0981. The predicted molar refractivity (Wildman–Crippen MR) is 80.8 cm³/mol. The topological polar surface area (TPSA) is 26.3 Å². The third-order valence-electron chi connectivity index (χ3n) is 2.72. The summed E-state index contributed by atoms with van der Waals surface area (Å²) in [4.78, 5) is 11.8. The van der Waals surface area contributed by atoms with Gasteiger partial charge in [0, 0.05) is 5.57 Å². The average molecular weight is 352 g/mol. The van der Waals surface area contributed by atoms with Crippen molar-refractivity contribution in [2.75, 3.05) is 7.11 Å². The first-order valence-corrected chi connectivity index (χ1v) is 6.78. The largest absolute Gasteiger partial charge is 0.497 e. The number of halogens is 1. The number of ketones is 1. The Labute approximate surface area is 120 Å². The summed E-state index contributed by atoms with van der Waals surface area (Å²) in [6.07, 6.45) is 5.49. The van der Waals surface area contributed by atoms with Crippen molar-refractivity contribution in [2.24, 2.45) is 0 Å². The number of rotatable bonds is 2. The van der Waals surface area contributed by atoms with Crippen molar-refractivity contribution in [1.29, 1.82) is 0 Å². The molecule has 2 rings (SSSR count). The number of hydrogen-bond donors (Lipinski definition) is 0. The maximum absolute atomic E-state index is 11.8. The van der Waals surface area contributed by atoms with Crippen LogP contribution >= 0.6 is 22.6 Å². The molecule has 2 nitrogen and oxygen atoms in total. The zero-order valence-corrected chi connectivity index (χ0v) is 12.2. The second-order valence-corrected chi connectivity index (χ2v) is 5.13. The molecule has 18 heavy (non-hydrogen) atoms. The third kappa shape index (κ3) is 3.12. The summed E-state index contributed by atoms with van der Waals surface area (Å²) in [5.74, 6) is 0.904. The van der Waals surface area contributed by atoms with Crippen molar-refractivity contribution in [3.63, 3.8) is 0 Å². The molecular formula is C15H13IO2. The molecule has 0 unspecified atom stereocenters. The summed E-state index contributed by atoms with van der Waals surface area (Å²) in [6.45, 7) is 0. The van der Waals surface area contributed by atoms with E-state index in [2.05, 4.69) is 28.3 Å². The molecule has 0 saturated carbocycles. The van der Waals surface area contributed by atoms with E-state index in [-0.39, 0.29) is 5.78 Å². The molecule has 0 atom stereocenters. The van der Waals surface area contributed by atoms with Crippen molar-refractivity contribution < 1.29 is 9.53 Å². The summed E-state index contributed by atoms with van der Waals surface area (Å²) in [5.41, 5.74) is 4.85. The lowest BCUT2D eigenvalue weighted by Crippen LogP contribution is -2.05. The fourth-order valence-corrected chi connectivity index (χ4v) is 2.37. The van der Waals surface area contributed by atoms with Gasteiger partial charge in [0.2, 0.25) is 5.78 Å². The predicted octanol–water partition coefficient (Wildman–Crippen LogP) is 3.92. The first-order chi connectivity index (χ1) is 8.70. The molecule has 0 aliphatic heterocycles. The van der Waals surface area contributed by atoms with Gasteiger partial charge in [-0.15, -0.1) is 5.73 Å². The van der Waals surface area contributed by atoms with Crippen molar-refractivity contribution in [3.05, 3.63) is 50.8 Å². The van der Waals surface area contributed by atoms with E-state index in [1.807, 2.05) is 36.4 Å². The molecule has 0 fully saturated rings. The van der Waals surface area contributed by atoms with Gasteiger partial charge in [-0.3, -0.25) is 4.79 Å². The van der Waals surface area contributed by atoms with Gasteiger partial charge in [0.05, 0.1) is 10.7 Å². The molecule has 1 aliphatic carbocycles. The van der Waals surface area contributed by atoms with Gasteiger partial charge in [-0.1, -0.05) is 18.2 Å². The van der Waals surface area contributed by atoms with Crippen LogP contribution in [0.4, 0.5) is 0 Å². The highest BCUT2D eigenvalue weighted by Gasteiger charge is 2.15. The number of hydrogen-bond acceptors (Lipinski definition) is 2. The Morgan fingerprint density at radius 3 is 3.06 bits per heavy atom. The van der Waals surface area contributed by atoms with Crippen molar-refractivity contribution >= 4 is 34.5 Å². The number of benzene rings is 1. The van der Waals surface area contributed by atoms with Crippen molar-refractivity contribution in [3.8, 4) is 5.75 Å². The summed E-state index contributed by atoms with van der Waals surface area (Å²) in [6, 6.07) is 7.69. The Kier molecular flexibility index (Phi) is 4.39. The zero-order valence-electron chi connectivity index (χ0n) is 10.1. The van der Waals surface area contributed by atoms with Gasteiger partial charge in [0.25, 0.3) is 0 Å². The van der Waals surface area contributed by atoms with Crippen LogP contribution in [-0.4, -0.2) is 12.9 Å².